The van der Waals surface area contributed by atoms with Crippen LogP contribution in [0.5, 0.6) is 5.75 Å². The first kappa shape index (κ1) is 21.6. The first-order valence-electron chi connectivity index (χ1n) is 9.41. The van der Waals surface area contributed by atoms with Gasteiger partial charge in [0, 0.05) is 18.7 Å². The van der Waals surface area contributed by atoms with Crippen LogP contribution in [0, 0.1) is 0 Å². The van der Waals surface area contributed by atoms with Crippen molar-refractivity contribution in [2.45, 2.75) is 32.0 Å². The van der Waals surface area contributed by atoms with Gasteiger partial charge in [0.1, 0.15) is 18.4 Å². The van der Waals surface area contributed by atoms with Crippen LogP contribution in [0.25, 0.3) is 0 Å². The smallest absolute Gasteiger partial charge is 0.329 e. The van der Waals surface area contributed by atoms with Crippen molar-refractivity contribution in [1.29, 1.82) is 0 Å². The topological polar surface area (TPSA) is 102 Å². The third kappa shape index (κ3) is 5.73. The summed E-state index contributed by atoms with van der Waals surface area (Å²) in [6, 6.07) is 13.3. The molecule has 8 nitrogen and oxygen atoms in total. The summed E-state index contributed by atoms with van der Waals surface area (Å²) >= 11 is 0. The van der Waals surface area contributed by atoms with E-state index in [1.165, 1.54) is 0 Å². The molecule has 1 fully saturated rings. The van der Waals surface area contributed by atoms with Crippen molar-refractivity contribution in [1.82, 2.24) is 4.90 Å². The van der Waals surface area contributed by atoms with E-state index >= 15 is 0 Å². The molecule has 30 heavy (non-hydrogen) atoms. The number of esters is 1. The molecule has 0 radical (unpaired) electrons. The maximum absolute atomic E-state index is 12.6. The molecule has 0 aliphatic carbocycles. The molecule has 1 aliphatic rings. The number of rotatable bonds is 8. The summed E-state index contributed by atoms with van der Waals surface area (Å²) in [5.74, 6) is 0.192. The Balaban J connectivity index is 1.58. The van der Waals surface area contributed by atoms with Gasteiger partial charge in [0.25, 0.3) is 0 Å². The number of carbonyl (C=O) groups excluding carboxylic acids is 2. The van der Waals surface area contributed by atoms with Crippen LogP contribution in [0.15, 0.2) is 48.5 Å². The Bertz CT molecular complexity index is 1000. The summed E-state index contributed by atoms with van der Waals surface area (Å²) < 4.78 is 35.4. The molecule has 0 unspecified atom stereocenters. The number of hydrogen-bond acceptors (Lipinski definition) is 6. The second kappa shape index (κ2) is 9.17. The van der Waals surface area contributed by atoms with E-state index in [1.54, 1.807) is 36.3 Å². The molecule has 1 aliphatic heterocycles. The number of hydrogen-bond donors (Lipinski definition) is 1. The molecule has 3 rings (SSSR count). The van der Waals surface area contributed by atoms with Gasteiger partial charge in [0.05, 0.1) is 13.4 Å². The first-order valence-corrected chi connectivity index (χ1v) is 11.3. The number of benzene rings is 2. The van der Waals surface area contributed by atoms with Crippen LogP contribution in [-0.2, 0) is 37.5 Å². The van der Waals surface area contributed by atoms with Crippen molar-refractivity contribution in [3.8, 4) is 5.75 Å². The fourth-order valence-electron chi connectivity index (χ4n) is 3.24. The second-order valence-electron chi connectivity index (χ2n) is 7.10. The highest BCUT2D eigenvalue weighted by Crippen LogP contribution is 2.24. The molecule has 1 N–H and O–H groups in total. The van der Waals surface area contributed by atoms with Gasteiger partial charge in [-0.1, -0.05) is 24.3 Å². The number of sulfonamides is 1. The largest absolute Gasteiger partial charge is 0.497 e. The molecule has 0 spiro atoms. The molecule has 0 aromatic heterocycles. The summed E-state index contributed by atoms with van der Waals surface area (Å²) in [5, 5.41) is 0. The van der Waals surface area contributed by atoms with Crippen LogP contribution < -0.4 is 9.46 Å². The van der Waals surface area contributed by atoms with Gasteiger partial charge < -0.3 is 14.4 Å². The van der Waals surface area contributed by atoms with Crippen molar-refractivity contribution in [3.63, 3.8) is 0 Å². The lowest BCUT2D eigenvalue weighted by molar-refractivity contribution is -0.153. The predicted molar refractivity (Wildman–Crippen MR) is 111 cm³/mol. The maximum atomic E-state index is 12.6. The van der Waals surface area contributed by atoms with Gasteiger partial charge in [-0.15, -0.1) is 0 Å². The number of amides is 1. The number of likely N-dealkylation sites (tertiary alicyclic amines) is 1. The third-order valence-corrected chi connectivity index (χ3v) is 5.36. The number of methoxy groups -OCH3 is 1. The summed E-state index contributed by atoms with van der Waals surface area (Å²) in [5.41, 5.74) is 2.05. The zero-order valence-electron chi connectivity index (χ0n) is 16.8. The van der Waals surface area contributed by atoms with E-state index in [2.05, 4.69) is 4.72 Å². The quantitative estimate of drug-likeness (QED) is 0.642. The first-order chi connectivity index (χ1) is 14.2. The Morgan fingerprint density at radius 1 is 1.10 bits per heavy atom. The lowest BCUT2D eigenvalue weighted by Gasteiger charge is -2.23. The summed E-state index contributed by atoms with van der Waals surface area (Å²) in [7, 11) is -1.76. The number of carbonyl (C=O) groups is 2. The summed E-state index contributed by atoms with van der Waals surface area (Å²) in [6.07, 6.45) is 1.80. The van der Waals surface area contributed by atoms with E-state index in [1.807, 2.05) is 24.3 Å². The minimum atomic E-state index is -3.35. The molecule has 9 heteroatoms. The molecule has 0 saturated carbocycles. The third-order valence-electron chi connectivity index (χ3n) is 4.75. The number of nitrogens with zero attached hydrogens (tertiary/aromatic N) is 1. The predicted octanol–water partition coefficient (Wildman–Crippen LogP) is 2.30. The Morgan fingerprint density at radius 2 is 1.73 bits per heavy atom. The van der Waals surface area contributed by atoms with Crippen molar-refractivity contribution >= 4 is 27.6 Å². The SMILES string of the molecule is COc1ccc(CN2C(=O)CC[C@H]2C(=O)OCc2ccc(NS(C)(=O)=O)cc2)cc1. The van der Waals surface area contributed by atoms with Crippen LogP contribution in [0.1, 0.15) is 24.0 Å². The molecular weight excluding hydrogens is 408 g/mol. The number of nitrogens with one attached hydrogen (secondary N) is 1. The molecule has 1 amide bonds. The van der Waals surface area contributed by atoms with E-state index < -0.39 is 22.0 Å². The van der Waals surface area contributed by atoms with Crippen LogP contribution in [-0.4, -0.2) is 44.6 Å². The van der Waals surface area contributed by atoms with Gasteiger partial charge in [0.15, 0.2) is 0 Å². The van der Waals surface area contributed by atoms with Gasteiger partial charge in [-0.25, -0.2) is 13.2 Å². The van der Waals surface area contributed by atoms with Crippen LogP contribution >= 0.6 is 0 Å². The lowest BCUT2D eigenvalue weighted by atomic mass is 10.1. The minimum absolute atomic E-state index is 0.0407. The van der Waals surface area contributed by atoms with E-state index in [-0.39, 0.29) is 12.5 Å². The molecule has 1 atom stereocenters. The average Bonchev–Trinajstić information content (AvgIpc) is 3.07. The fourth-order valence-corrected chi connectivity index (χ4v) is 3.80. The Labute approximate surface area is 175 Å². The molecule has 1 saturated heterocycles. The summed E-state index contributed by atoms with van der Waals surface area (Å²) in [4.78, 5) is 26.4. The zero-order valence-corrected chi connectivity index (χ0v) is 17.6. The lowest BCUT2D eigenvalue weighted by Crippen LogP contribution is -2.39. The monoisotopic (exact) mass is 432 g/mol. The molecule has 2 aromatic rings. The highest BCUT2D eigenvalue weighted by molar-refractivity contribution is 7.92. The van der Waals surface area contributed by atoms with Crippen molar-refractivity contribution in [2.75, 3.05) is 18.1 Å². The zero-order chi connectivity index (χ0) is 21.7. The fraction of sp³-hybridized carbons (Fsp3) is 0.333. The number of anilines is 1. The average molecular weight is 432 g/mol. The van der Waals surface area contributed by atoms with E-state index in [0.29, 0.717) is 30.6 Å². The van der Waals surface area contributed by atoms with E-state index in [4.69, 9.17) is 9.47 Å². The van der Waals surface area contributed by atoms with Crippen molar-refractivity contribution in [3.05, 3.63) is 59.7 Å². The highest BCUT2D eigenvalue weighted by atomic mass is 32.2. The van der Waals surface area contributed by atoms with Crippen LogP contribution in [0.4, 0.5) is 5.69 Å². The number of ether oxygens (including phenoxy) is 2. The van der Waals surface area contributed by atoms with E-state index in [9.17, 15) is 18.0 Å². The highest BCUT2D eigenvalue weighted by Gasteiger charge is 2.37. The van der Waals surface area contributed by atoms with Crippen LogP contribution in [0.3, 0.4) is 0 Å². The summed E-state index contributed by atoms with van der Waals surface area (Å²) in [6.45, 7) is 0.369. The van der Waals surface area contributed by atoms with Gasteiger partial charge in [-0.2, -0.15) is 0 Å². The Morgan fingerprint density at radius 3 is 2.33 bits per heavy atom. The van der Waals surface area contributed by atoms with Crippen molar-refractivity contribution < 1.29 is 27.5 Å². The van der Waals surface area contributed by atoms with Gasteiger partial charge >= 0.3 is 5.97 Å². The molecule has 0 bridgehead atoms. The van der Waals surface area contributed by atoms with Crippen molar-refractivity contribution in [2.24, 2.45) is 0 Å². The van der Waals surface area contributed by atoms with Gasteiger partial charge in [0.2, 0.25) is 15.9 Å². The minimum Gasteiger partial charge on any atom is -0.497 e. The van der Waals surface area contributed by atoms with E-state index in [0.717, 1.165) is 17.6 Å². The molecule has 160 valence electrons. The Hall–Kier alpha value is -3.07. The van der Waals surface area contributed by atoms with Gasteiger partial charge in [-0.05, 0) is 41.8 Å². The normalized spacial score (nSPS) is 16.4. The Kier molecular flexibility index (Phi) is 6.61. The van der Waals surface area contributed by atoms with Gasteiger partial charge in [-0.3, -0.25) is 9.52 Å². The second-order valence-corrected chi connectivity index (χ2v) is 8.85. The molecular formula is C21H24N2O6S. The standard InChI is InChI=1S/C21H24N2O6S/c1-28-18-9-5-15(6-10-18)13-23-19(11-12-20(23)24)21(25)29-14-16-3-7-17(8-4-16)22-30(2,26)27/h3-10,19,22H,11-14H2,1-2H3/t19-/m0/s1. The molecule has 2 aromatic carbocycles. The molecule has 1 heterocycles. The maximum Gasteiger partial charge on any atom is 0.329 e. The van der Waals surface area contributed by atoms with Crippen LogP contribution in [0.2, 0.25) is 0 Å².